The standard InChI is InChI=1S/C19H11N3O2S/c20-9-12-5-7-13(8-6-12)16-11-25-17(21-16)10-22-18(23)14-3-1-2-4-15(14)19(22)24/h1-8,11H,10H2. The number of nitriles is 1. The molecule has 1 aliphatic heterocycles. The lowest BCUT2D eigenvalue weighted by Crippen LogP contribution is -2.29. The lowest BCUT2D eigenvalue weighted by molar-refractivity contribution is 0.0642. The van der Waals surface area contributed by atoms with E-state index in [1.54, 1.807) is 36.4 Å². The van der Waals surface area contributed by atoms with Crippen molar-refractivity contribution in [2.75, 3.05) is 0 Å². The molecule has 0 atom stereocenters. The summed E-state index contributed by atoms with van der Waals surface area (Å²) in [7, 11) is 0. The average molecular weight is 345 g/mol. The van der Waals surface area contributed by atoms with Crippen LogP contribution in [0.15, 0.2) is 53.9 Å². The maximum Gasteiger partial charge on any atom is 0.261 e. The second-order valence-electron chi connectivity index (χ2n) is 5.56. The molecule has 0 unspecified atom stereocenters. The minimum absolute atomic E-state index is 0.160. The number of hydrogen-bond donors (Lipinski definition) is 0. The third-order valence-corrected chi connectivity index (χ3v) is 4.87. The molecule has 5 nitrogen and oxygen atoms in total. The Labute approximate surface area is 147 Å². The number of amides is 2. The SMILES string of the molecule is N#Cc1ccc(-c2csc(CN3C(=O)c4ccccc4C3=O)n2)cc1. The zero-order valence-corrected chi connectivity index (χ0v) is 13.8. The van der Waals surface area contributed by atoms with E-state index >= 15 is 0 Å². The highest BCUT2D eigenvalue weighted by molar-refractivity contribution is 7.09. The number of carbonyl (C=O) groups excluding carboxylic acids is 2. The Bertz CT molecular complexity index is 996. The van der Waals surface area contributed by atoms with E-state index in [0.717, 1.165) is 11.3 Å². The van der Waals surface area contributed by atoms with Crippen molar-refractivity contribution in [3.8, 4) is 17.3 Å². The molecule has 120 valence electrons. The Morgan fingerprint density at radius 2 is 1.64 bits per heavy atom. The zero-order valence-electron chi connectivity index (χ0n) is 13.0. The van der Waals surface area contributed by atoms with Crippen molar-refractivity contribution in [3.05, 3.63) is 75.6 Å². The summed E-state index contributed by atoms with van der Waals surface area (Å²) in [5, 5.41) is 11.4. The fourth-order valence-electron chi connectivity index (χ4n) is 2.75. The van der Waals surface area contributed by atoms with Crippen molar-refractivity contribution in [1.29, 1.82) is 5.26 Å². The summed E-state index contributed by atoms with van der Waals surface area (Å²) in [6.45, 7) is 0.160. The van der Waals surface area contributed by atoms with Crippen LogP contribution < -0.4 is 0 Å². The Balaban J connectivity index is 1.57. The highest BCUT2D eigenvalue weighted by Gasteiger charge is 2.35. The van der Waals surface area contributed by atoms with E-state index in [1.807, 2.05) is 17.5 Å². The molecule has 1 aromatic heterocycles. The Morgan fingerprint density at radius 1 is 1.00 bits per heavy atom. The van der Waals surface area contributed by atoms with E-state index in [-0.39, 0.29) is 18.4 Å². The van der Waals surface area contributed by atoms with Crippen LogP contribution in [0.4, 0.5) is 0 Å². The van der Waals surface area contributed by atoms with Crippen LogP contribution in [0.2, 0.25) is 0 Å². The Morgan fingerprint density at radius 3 is 2.24 bits per heavy atom. The van der Waals surface area contributed by atoms with E-state index < -0.39 is 0 Å². The average Bonchev–Trinajstić information content (AvgIpc) is 3.22. The van der Waals surface area contributed by atoms with Gasteiger partial charge in [0.25, 0.3) is 11.8 Å². The van der Waals surface area contributed by atoms with E-state index in [0.29, 0.717) is 21.7 Å². The summed E-state index contributed by atoms with van der Waals surface area (Å²) in [6.07, 6.45) is 0. The lowest BCUT2D eigenvalue weighted by Gasteiger charge is -2.11. The number of hydrogen-bond acceptors (Lipinski definition) is 5. The molecule has 1 aliphatic rings. The molecule has 0 saturated heterocycles. The van der Waals surface area contributed by atoms with Crippen molar-refractivity contribution in [2.45, 2.75) is 6.54 Å². The summed E-state index contributed by atoms with van der Waals surface area (Å²) >= 11 is 1.40. The topological polar surface area (TPSA) is 74.1 Å². The predicted octanol–water partition coefficient (Wildman–Crippen LogP) is 3.48. The molecule has 2 heterocycles. The van der Waals surface area contributed by atoms with Crippen LogP contribution in [0.5, 0.6) is 0 Å². The van der Waals surface area contributed by atoms with Crippen LogP contribution >= 0.6 is 11.3 Å². The number of thiazole rings is 1. The van der Waals surface area contributed by atoms with Gasteiger partial charge in [0.2, 0.25) is 0 Å². The molecule has 0 spiro atoms. The van der Waals surface area contributed by atoms with Gasteiger partial charge >= 0.3 is 0 Å². The Kier molecular flexibility index (Phi) is 3.64. The van der Waals surface area contributed by atoms with E-state index in [9.17, 15) is 9.59 Å². The van der Waals surface area contributed by atoms with Crippen molar-refractivity contribution in [3.63, 3.8) is 0 Å². The number of aromatic nitrogens is 1. The lowest BCUT2D eigenvalue weighted by atomic mass is 10.1. The van der Waals surface area contributed by atoms with Gasteiger partial charge in [-0.25, -0.2) is 4.98 Å². The third kappa shape index (κ3) is 2.61. The maximum absolute atomic E-state index is 12.4. The van der Waals surface area contributed by atoms with Crippen LogP contribution in [-0.2, 0) is 6.54 Å². The van der Waals surface area contributed by atoms with Gasteiger partial charge in [-0.2, -0.15) is 5.26 Å². The van der Waals surface area contributed by atoms with Gasteiger partial charge in [0.15, 0.2) is 0 Å². The number of carbonyl (C=O) groups is 2. The van der Waals surface area contributed by atoms with Gasteiger partial charge in [-0.3, -0.25) is 14.5 Å². The molecule has 25 heavy (non-hydrogen) atoms. The summed E-state index contributed by atoms with van der Waals surface area (Å²) < 4.78 is 0. The second kappa shape index (κ2) is 5.96. The summed E-state index contributed by atoms with van der Waals surface area (Å²) in [4.78, 5) is 30.6. The Hall–Kier alpha value is -3.30. The zero-order chi connectivity index (χ0) is 17.4. The molecule has 6 heteroatoms. The number of nitrogens with zero attached hydrogens (tertiary/aromatic N) is 3. The number of imide groups is 1. The van der Waals surface area contributed by atoms with E-state index in [4.69, 9.17) is 5.26 Å². The van der Waals surface area contributed by atoms with Gasteiger partial charge in [0, 0.05) is 10.9 Å². The molecule has 0 bridgehead atoms. The second-order valence-corrected chi connectivity index (χ2v) is 6.50. The van der Waals surface area contributed by atoms with Gasteiger partial charge in [0.05, 0.1) is 35.0 Å². The predicted molar refractivity (Wildman–Crippen MR) is 92.9 cm³/mol. The van der Waals surface area contributed by atoms with Crippen LogP contribution in [0.3, 0.4) is 0 Å². The summed E-state index contributed by atoms with van der Waals surface area (Å²) in [6, 6.07) is 16.0. The normalized spacial score (nSPS) is 13.0. The van der Waals surface area contributed by atoms with Gasteiger partial charge in [-0.15, -0.1) is 11.3 Å². The van der Waals surface area contributed by atoms with Crippen LogP contribution in [0.25, 0.3) is 11.3 Å². The molecule has 0 fully saturated rings. The smallest absolute Gasteiger partial charge is 0.261 e. The molecule has 0 N–H and O–H groups in total. The van der Waals surface area contributed by atoms with E-state index in [1.165, 1.54) is 16.2 Å². The molecule has 0 radical (unpaired) electrons. The fourth-order valence-corrected chi connectivity index (χ4v) is 3.54. The summed E-state index contributed by atoms with van der Waals surface area (Å²) in [5.41, 5.74) is 3.13. The van der Waals surface area contributed by atoms with Gasteiger partial charge in [-0.05, 0) is 24.3 Å². The first-order chi connectivity index (χ1) is 12.2. The maximum atomic E-state index is 12.4. The first kappa shape index (κ1) is 15.2. The molecule has 2 aromatic carbocycles. The van der Waals surface area contributed by atoms with Gasteiger partial charge in [-0.1, -0.05) is 24.3 Å². The first-order valence-corrected chi connectivity index (χ1v) is 8.45. The highest BCUT2D eigenvalue weighted by atomic mass is 32.1. The first-order valence-electron chi connectivity index (χ1n) is 7.57. The van der Waals surface area contributed by atoms with E-state index in [2.05, 4.69) is 11.1 Å². The van der Waals surface area contributed by atoms with Crippen molar-refractivity contribution in [2.24, 2.45) is 0 Å². The van der Waals surface area contributed by atoms with Crippen molar-refractivity contribution in [1.82, 2.24) is 9.88 Å². The highest BCUT2D eigenvalue weighted by Crippen LogP contribution is 2.27. The van der Waals surface area contributed by atoms with Crippen LogP contribution in [0.1, 0.15) is 31.3 Å². The fraction of sp³-hybridized carbons (Fsp3) is 0.0526. The molecule has 4 rings (SSSR count). The molecule has 3 aromatic rings. The summed E-state index contributed by atoms with van der Waals surface area (Å²) in [5.74, 6) is -0.563. The van der Waals surface area contributed by atoms with Crippen molar-refractivity contribution >= 4 is 23.2 Å². The van der Waals surface area contributed by atoms with Gasteiger partial charge < -0.3 is 0 Å². The number of rotatable bonds is 3. The van der Waals surface area contributed by atoms with Crippen LogP contribution in [0, 0.1) is 11.3 Å². The third-order valence-electron chi connectivity index (χ3n) is 4.03. The molecule has 0 saturated carbocycles. The van der Waals surface area contributed by atoms with Crippen LogP contribution in [-0.4, -0.2) is 21.7 Å². The molecular weight excluding hydrogens is 334 g/mol. The number of benzene rings is 2. The number of fused-ring (bicyclic) bond motifs is 1. The molecular formula is C19H11N3O2S. The minimum atomic E-state index is -0.282. The monoisotopic (exact) mass is 345 g/mol. The van der Waals surface area contributed by atoms with Crippen molar-refractivity contribution < 1.29 is 9.59 Å². The quantitative estimate of drug-likeness (QED) is 0.681. The largest absolute Gasteiger partial charge is 0.269 e. The van der Waals surface area contributed by atoms with Gasteiger partial charge in [0.1, 0.15) is 5.01 Å². The minimum Gasteiger partial charge on any atom is -0.269 e. The molecule has 2 amide bonds. The molecule has 0 aliphatic carbocycles.